The number of aromatic nitrogens is 1. The highest BCUT2D eigenvalue weighted by atomic mass is 16.2. The normalized spacial score (nSPS) is 15.7. The Balaban J connectivity index is 1.82. The van der Waals surface area contributed by atoms with Crippen molar-refractivity contribution in [2.24, 2.45) is 0 Å². The number of benzene rings is 2. The Morgan fingerprint density at radius 3 is 2.59 bits per heavy atom. The maximum absolute atomic E-state index is 13.2. The zero-order valence-corrected chi connectivity index (χ0v) is 15.9. The first-order chi connectivity index (χ1) is 13.1. The second-order valence-electron chi connectivity index (χ2n) is 6.97. The summed E-state index contributed by atoms with van der Waals surface area (Å²) in [6.45, 7) is 6.24. The lowest BCUT2D eigenvalue weighted by Gasteiger charge is -2.28. The van der Waals surface area contributed by atoms with Crippen LogP contribution in [0.3, 0.4) is 0 Å². The fraction of sp³-hybridized carbons (Fsp3) is 0.217. The van der Waals surface area contributed by atoms with Crippen LogP contribution >= 0.6 is 0 Å². The van der Waals surface area contributed by atoms with E-state index in [4.69, 9.17) is 0 Å². The molecule has 1 amide bonds. The van der Waals surface area contributed by atoms with Crippen LogP contribution in [0.15, 0.2) is 60.8 Å². The average molecular weight is 357 g/mol. The number of carbonyl (C=O) groups is 1. The van der Waals surface area contributed by atoms with Crippen LogP contribution < -0.4 is 10.2 Å². The maximum atomic E-state index is 13.2. The van der Waals surface area contributed by atoms with Crippen molar-refractivity contribution in [2.45, 2.75) is 33.4 Å². The highest BCUT2D eigenvalue weighted by molar-refractivity contribution is 6.11. The topological polar surface area (TPSA) is 45.2 Å². The molecule has 1 aliphatic rings. The summed E-state index contributed by atoms with van der Waals surface area (Å²) < 4.78 is 0. The fourth-order valence-corrected chi connectivity index (χ4v) is 3.66. The van der Waals surface area contributed by atoms with Gasteiger partial charge in [-0.25, -0.2) is 4.98 Å². The minimum absolute atomic E-state index is 0.0221. The van der Waals surface area contributed by atoms with E-state index in [1.165, 1.54) is 11.1 Å². The van der Waals surface area contributed by atoms with Crippen LogP contribution in [0.2, 0.25) is 0 Å². The smallest absolute Gasteiger partial charge is 0.261 e. The first-order valence-electron chi connectivity index (χ1n) is 9.30. The Hall–Kier alpha value is -3.14. The lowest BCUT2D eigenvalue weighted by Crippen LogP contribution is -2.33. The molecule has 0 fully saturated rings. The Labute approximate surface area is 159 Å². The van der Waals surface area contributed by atoms with Crippen molar-refractivity contribution in [2.75, 3.05) is 10.2 Å². The van der Waals surface area contributed by atoms with Gasteiger partial charge in [0.15, 0.2) is 0 Å². The molecule has 0 saturated heterocycles. The van der Waals surface area contributed by atoms with Crippen molar-refractivity contribution >= 4 is 17.4 Å². The van der Waals surface area contributed by atoms with E-state index in [9.17, 15) is 4.79 Å². The van der Waals surface area contributed by atoms with Gasteiger partial charge in [-0.05, 0) is 49.1 Å². The molecule has 27 heavy (non-hydrogen) atoms. The number of rotatable bonds is 4. The number of para-hydroxylation sites is 1. The second kappa shape index (κ2) is 6.88. The van der Waals surface area contributed by atoms with Gasteiger partial charge >= 0.3 is 0 Å². The second-order valence-corrected chi connectivity index (χ2v) is 6.97. The number of carbonyl (C=O) groups excluding carboxylic acids is 1. The predicted octanol–water partition coefficient (Wildman–Crippen LogP) is 5.03. The molecule has 0 spiro atoms. The van der Waals surface area contributed by atoms with E-state index < -0.39 is 0 Å². The lowest BCUT2D eigenvalue weighted by molar-refractivity contribution is 0.0992. The van der Waals surface area contributed by atoms with Gasteiger partial charge in [-0.15, -0.1) is 0 Å². The monoisotopic (exact) mass is 357 g/mol. The molecule has 4 rings (SSSR count). The number of nitrogens with zero attached hydrogens (tertiary/aromatic N) is 2. The first kappa shape index (κ1) is 17.3. The molecule has 1 aromatic heterocycles. The Morgan fingerprint density at radius 1 is 1.04 bits per heavy atom. The van der Waals surface area contributed by atoms with Gasteiger partial charge in [0, 0.05) is 23.0 Å². The number of nitrogens with one attached hydrogen (secondary N) is 1. The minimum Gasteiger partial charge on any atom is -0.361 e. The van der Waals surface area contributed by atoms with Gasteiger partial charge in [0.25, 0.3) is 5.91 Å². The number of aryl methyl sites for hydroxylation is 3. The van der Waals surface area contributed by atoms with Crippen molar-refractivity contribution in [1.82, 2.24) is 4.98 Å². The third-order valence-corrected chi connectivity index (χ3v) is 5.13. The van der Waals surface area contributed by atoms with E-state index in [0.717, 1.165) is 28.8 Å². The quantitative estimate of drug-likeness (QED) is 0.712. The third-order valence-electron chi connectivity index (χ3n) is 5.13. The summed E-state index contributed by atoms with van der Waals surface area (Å²) in [5.41, 5.74) is 6.28. The molecule has 136 valence electrons. The van der Waals surface area contributed by atoms with Crippen molar-refractivity contribution in [3.63, 3.8) is 0 Å². The molecule has 0 saturated carbocycles. The summed E-state index contributed by atoms with van der Waals surface area (Å²) in [6, 6.07) is 18.0. The molecule has 1 N–H and O–H groups in total. The summed E-state index contributed by atoms with van der Waals surface area (Å²) in [7, 11) is 0. The summed E-state index contributed by atoms with van der Waals surface area (Å²) >= 11 is 0. The summed E-state index contributed by atoms with van der Waals surface area (Å²) in [4.78, 5) is 19.4. The van der Waals surface area contributed by atoms with Crippen molar-refractivity contribution in [3.8, 4) is 0 Å². The van der Waals surface area contributed by atoms with Crippen molar-refractivity contribution in [3.05, 3.63) is 88.6 Å². The first-order valence-corrected chi connectivity index (χ1v) is 9.30. The number of fused-ring (bicyclic) bond motifs is 1. The number of hydrogen-bond acceptors (Lipinski definition) is 3. The predicted molar refractivity (Wildman–Crippen MR) is 109 cm³/mol. The zero-order chi connectivity index (χ0) is 19.0. The van der Waals surface area contributed by atoms with Crippen LogP contribution in [0.4, 0.5) is 11.5 Å². The average Bonchev–Trinajstić information content (AvgIpc) is 2.96. The highest BCUT2D eigenvalue weighted by Gasteiger charge is 2.38. The maximum Gasteiger partial charge on any atom is 0.261 e. The summed E-state index contributed by atoms with van der Waals surface area (Å²) in [6.07, 6.45) is 2.44. The minimum atomic E-state index is -0.282. The molecule has 1 aliphatic heterocycles. The molecule has 4 nitrogen and oxygen atoms in total. The molecule has 3 aromatic rings. The Morgan fingerprint density at radius 2 is 1.85 bits per heavy atom. The molecule has 2 aromatic carbocycles. The van der Waals surface area contributed by atoms with E-state index in [0.29, 0.717) is 5.82 Å². The number of amides is 1. The zero-order valence-electron chi connectivity index (χ0n) is 15.9. The van der Waals surface area contributed by atoms with Crippen LogP contribution in [0.25, 0.3) is 0 Å². The largest absolute Gasteiger partial charge is 0.361 e. The molecule has 0 aliphatic carbocycles. The summed E-state index contributed by atoms with van der Waals surface area (Å²) in [5.74, 6) is 0.636. The lowest BCUT2D eigenvalue weighted by atomic mass is 10.0. The highest BCUT2D eigenvalue weighted by Crippen LogP contribution is 2.38. The molecule has 0 bridgehead atoms. The van der Waals surface area contributed by atoms with Gasteiger partial charge < -0.3 is 5.32 Å². The molecule has 0 unspecified atom stereocenters. The van der Waals surface area contributed by atoms with Gasteiger partial charge in [0.1, 0.15) is 12.0 Å². The number of anilines is 2. The van der Waals surface area contributed by atoms with E-state index in [1.807, 2.05) is 43.3 Å². The van der Waals surface area contributed by atoms with Crippen LogP contribution in [-0.2, 0) is 6.42 Å². The molecule has 1 atom stereocenters. The SMILES string of the molecule is CCc1cccc(C)c1N[C@H]1c2ccccc2C(=O)N1c1ccc(C)cn1. The summed E-state index contributed by atoms with van der Waals surface area (Å²) in [5, 5.41) is 3.64. The number of hydrogen-bond donors (Lipinski definition) is 1. The van der Waals surface area contributed by atoms with Crippen LogP contribution in [0.1, 0.15) is 45.7 Å². The Kier molecular flexibility index (Phi) is 4.40. The number of pyridine rings is 1. The van der Waals surface area contributed by atoms with Gasteiger partial charge in [0.05, 0.1) is 0 Å². The molecule has 4 heteroatoms. The standard InChI is InChI=1S/C23H23N3O/c1-4-17-9-7-8-16(3)21(17)25-22-18-10-5-6-11-19(18)23(27)26(22)20-13-12-15(2)14-24-20/h5-14,22,25H,4H2,1-3H3/t22-/m1/s1. The van der Waals surface area contributed by atoms with Crippen molar-refractivity contribution in [1.29, 1.82) is 0 Å². The molecule has 2 heterocycles. The van der Waals surface area contributed by atoms with Gasteiger partial charge in [0.2, 0.25) is 0 Å². The molecular weight excluding hydrogens is 334 g/mol. The third kappa shape index (κ3) is 2.97. The van der Waals surface area contributed by atoms with Crippen LogP contribution in [-0.4, -0.2) is 10.9 Å². The van der Waals surface area contributed by atoms with Gasteiger partial charge in [-0.3, -0.25) is 9.69 Å². The van der Waals surface area contributed by atoms with E-state index >= 15 is 0 Å². The van der Waals surface area contributed by atoms with Crippen LogP contribution in [0, 0.1) is 13.8 Å². The van der Waals surface area contributed by atoms with E-state index in [1.54, 1.807) is 11.1 Å². The molecule has 0 radical (unpaired) electrons. The van der Waals surface area contributed by atoms with Crippen molar-refractivity contribution < 1.29 is 4.79 Å². The van der Waals surface area contributed by atoms with Gasteiger partial charge in [-0.1, -0.05) is 49.4 Å². The van der Waals surface area contributed by atoms with Crippen LogP contribution in [0.5, 0.6) is 0 Å². The van der Waals surface area contributed by atoms with E-state index in [-0.39, 0.29) is 12.1 Å². The fourth-order valence-electron chi connectivity index (χ4n) is 3.66. The van der Waals surface area contributed by atoms with Gasteiger partial charge in [-0.2, -0.15) is 0 Å². The van der Waals surface area contributed by atoms with E-state index in [2.05, 4.69) is 42.3 Å². The molecular formula is C23H23N3O. The Bertz CT molecular complexity index is 995.